The van der Waals surface area contributed by atoms with Gasteiger partial charge in [0.1, 0.15) is 0 Å². The molecule has 0 aromatic heterocycles. The van der Waals surface area contributed by atoms with Crippen molar-refractivity contribution < 1.29 is 0 Å². The van der Waals surface area contributed by atoms with E-state index in [1.165, 1.54) is 30.2 Å². The Morgan fingerprint density at radius 2 is 1.91 bits per heavy atom. The standard InChI is InChI=1S/C10H11Br/c11-10-7-3-5-8-4-1-2-6-9(8)10/h3,5,7H,1-2,4,6H2/i6+1. The molecule has 0 atom stereocenters. The second kappa shape index (κ2) is 2.98. The minimum atomic E-state index is 1.26. The maximum Gasteiger partial charge on any atom is 0.0210 e. The molecule has 1 aliphatic carbocycles. The zero-order chi connectivity index (χ0) is 7.68. The van der Waals surface area contributed by atoms with Gasteiger partial charge >= 0.3 is 0 Å². The Morgan fingerprint density at radius 1 is 1.09 bits per heavy atom. The minimum absolute atomic E-state index is 1.26. The summed E-state index contributed by atoms with van der Waals surface area (Å²) in [6.45, 7) is 0. The normalized spacial score (nSPS) is 16.1. The van der Waals surface area contributed by atoms with Crippen LogP contribution in [0.3, 0.4) is 0 Å². The number of hydrogen-bond donors (Lipinski definition) is 0. The highest BCUT2D eigenvalue weighted by Gasteiger charge is 2.10. The molecule has 1 heteroatoms. The number of aryl methyl sites for hydroxylation is 1. The zero-order valence-electron chi connectivity index (χ0n) is 6.44. The highest BCUT2D eigenvalue weighted by atomic mass is 79.9. The van der Waals surface area contributed by atoms with E-state index in [1.807, 2.05) is 0 Å². The fourth-order valence-corrected chi connectivity index (χ4v) is 2.34. The Morgan fingerprint density at radius 3 is 2.73 bits per heavy atom. The van der Waals surface area contributed by atoms with Crippen molar-refractivity contribution >= 4 is 15.9 Å². The molecule has 1 aromatic rings. The zero-order valence-corrected chi connectivity index (χ0v) is 8.02. The van der Waals surface area contributed by atoms with Gasteiger partial charge in [-0.3, -0.25) is 0 Å². The van der Waals surface area contributed by atoms with Crippen LogP contribution in [0.15, 0.2) is 22.7 Å². The smallest absolute Gasteiger partial charge is 0.0210 e. The summed E-state index contributed by atoms with van der Waals surface area (Å²) in [5.41, 5.74) is 3.09. The highest BCUT2D eigenvalue weighted by molar-refractivity contribution is 9.10. The van der Waals surface area contributed by atoms with Gasteiger partial charge in [0.2, 0.25) is 0 Å². The molecule has 0 saturated carbocycles. The van der Waals surface area contributed by atoms with Crippen molar-refractivity contribution in [2.75, 3.05) is 0 Å². The van der Waals surface area contributed by atoms with Crippen molar-refractivity contribution in [2.45, 2.75) is 25.7 Å². The van der Waals surface area contributed by atoms with Crippen LogP contribution in [0.4, 0.5) is 0 Å². The third kappa shape index (κ3) is 1.34. The van der Waals surface area contributed by atoms with E-state index in [0.717, 1.165) is 0 Å². The molecule has 1 aliphatic rings. The van der Waals surface area contributed by atoms with E-state index < -0.39 is 0 Å². The van der Waals surface area contributed by atoms with E-state index in [4.69, 9.17) is 0 Å². The van der Waals surface area contributed by atoms with Crippen molar-refractivity contribution in [2.24, 2.45) is 0 Å². The number of fused-ring (bicyclic) bond motifs is 1. The van der Waals surface area contributed by atoms with E-state index in [9.17, 15) is 0 Å². The molecule has 0 aliphatic heterocycles. The molecule has 0 saturated heterocycles. The first-order valence-corrected chi connectivity index (χ1v) is 4.93. The largest absolute Gasteiger partial charge is 0.0609 e. The average molecular weight is 212 g/mol. The fraction of sp³-hybridized carbons (Fsp3) is 0.400. The molecule has 0 bridgehead atoms. The van der Waals surface area contributed by atoms with Crippen LogP contribution in [0.2, 0.25) is 0 Å². The Hall–Kier alpha value is -0.300. The van der Waals surface area contributed by atoms with E-state index >= 15 is 0 Å². The molecule has 0 fully saturated rings. The molecule has 0 nitrogen and oxygen atoms in total. The molecule has 0 radical (unpaired) electrons. The molecule has 0 unspecified atom stereocenters. The first kappa shape index (κ1) is 7.35. The lowest BCUT2D eigenvalue weighted by molar-refractivity contribution is 0.683. The predicted octanol–water partition coefficient (Wildman–Crippen LogP) is 3.33. The van der Waals surface area contributed by atoms with Gasteiger partial charge in [-0.05, 0) is 42.9 Å². The van der Waals surface area contributed by atoms with Gasteiger partial charge in [0.25, 0.3) is 0 Å². The average Bonchev–Trinajstić information content (AvgIpc) is 2.06. The summed E-state index contributed by atoms with van der Waals surface area (Å²) in [7, 11) is 0. The Labute approximate surface area is 75.8 Å². The topological polar surface area (TPSA) is 0 Å². The third-order valence-electron chi connectivity index (χ3n) is 2.34. The molecule has 0 heterocycles. The van der Waals surface area contributed by atoms with Crippen LogP contribution in [0, 0.1) is 0 Å². The molecule has 0 spiro atoms. The minimum Gasteiger partial charge on any atom is -0.0609 e. The van der Waals surface area contributed by atoms with E-state index in [1.54, 1.807) is 11.1 Å². The lowest BCUT2D eigenvalue weighted by atomic mass is 10.0. The van der Waals surface area contributed by atoms with Crippen LogP contribution in [0.5, 0.6) is 0 Å². The molecular formula is C10H11Br. The Balaban J connectivity index is 2.49. The van der Waals surface area contributed by atoms with Crippen LogP contribution in [-0.2, 0) is 12.8 Å². The van der Waals surface area contributed by atoms with Gasteiger partial charge in [-0.15, -0.1) is 0 Å². The summed E-state index contributed by atoms with van der Waals surface area (Å²) in [5, 5.41) is 0. The highest BCUT2D eigenvalue weighted by Crippen LogP contribution is 2.27. The summed E-state index contributed by atoms with van der Waals surface area (Å²) in [4.78, 5) is 0. The summed E-state index contributed by atoms with van der Waals surface area (Å²) in [5.74, 6) is 0. The van der Waals surface area contributed by atoms with Crippen LogP contribution >= 0.6 is 15.9 Å². The van der Waals surface area contributed by atoms with Crippen LogP contribution in [-0.4, -0.2) is 0 Å². The molecule has 2 rings (SSSR count). The summed E-state index contributed by atoms with van der Waals surface area (Å²) >= 11 is 3.58. The van der Waals surface area contributed by atoms with Crippen molar-refractivity contribution in [1.29, 1.82) is 0 Å². The maximum absolute atomic E-state index is 3.58. The van der Waals surface area contributed by atoms with Crippen molar-refractivity contribution in [3.8, 4) is 0 Å². The van der Waals surface area contributed by atoms with Crippen LogP contribution in [0.1, 0.15) is 24.0 Å². The van der Waals surface area contributed by atoms with Gasteiger partial charge in [0.05, 0.1) is 0 Å². The number of rotatable bonds is 0. The first-order valence-electron chi connectivity index (χ1n) is 4.14. The third-order valence-corrected chi connectivity index (χ3v) is 3.08. The summed E-state index contributed by atoms with van der Waals surface area (Å²) < 4.78 is 1.30. The predicted molar refractivity (Wildman–Crippen MR) is 50.8 cm³/mol. The number of halogens is 1. The summed E-state index contributed by atoms with van der Waals surface area (Å²) in [6, 6.07) is 6.53. The van der Waals surface area contributed by atoms with Crippen molar-refractivity contribution in [3.05, 3.63) is 33.8 Å². The van der Waals surface area contributed by atoms with Crippen LogP contribution in [0.25, 0.3) is 0 Å². The van der Waals surface area contributed by atoms with Gasteiger partial charge in [0.15, 0.2) is 0 Å². The van der Waals surface area contributed by atoms with Gasteiger partial charge in [0, 0.05) is 4.47 Å². The number of hydrogen-bond acceptors (Lipinski definition) is 0. The summed E-state index contributed by atoms with van der Waals surface area (Å²) in [6.07, 6.45) is 5.25. The molecule has 58 valence electrons. The Bertz CT molecular complexity index is 266. The van der Waals surface area contributed by atoms with Crippen molar-refractivity contribution in [1.82, 2.24) is 0 Å². The molecular weight excluding hydrogens is 201 g/mol. The van der Waals surface area contributed by atoms with E-state index in [0.29, 0.717) is 0 Å². The molecule has 1 aromatic carbocycles. The second-order valence-corrected chi connectivity index (χ2v) is 3.94. The molecule has 11 heavy (non-hydrogen) atoms. The Kier molecular flexibility index (Phi) is 1.99. The SMILES string of the molecule is Brc1cccc2c1[13CH2]CCC2. The van der Waals surface area contributed by atoms with Gasteiger partial charge in [-0.1, -0.05) is 28.1 Å². The maximum atomic E-state index is 3.58. The lowest BCUT2D eigenvalue weighted by Gasteiger charge is -2.16. The number of benzene rings is 1. The van der Waals surface area contributed by atoms with Crippen LogP contribution < -0.4 is 0 Å². The molecule has 0 N–H and O–H groups in total. The lowest BCUT2D eigenvalue weighted by Crippen LogP contribution is -2.02. The fourth-order valence-electron chi connectivity index (χ4n) is 1.73. The van der Waals surface area contributed by atoms with E-state index in [-0.39, 0.29) is 0 Å². The van der Waals surface area contributed by atoms with Gasteiger partial charge < -0.3 is 0 Å². The van der Waals surface area contributed by atoms with Gasteiger partial charge in [-0.2, -0.15) is 0 Å². The van der Waals surface area contributed by atoms with Gasteiger partial charge in [-0.25, -0.2) is 0 Å². The quantitative estimate of drug-likeness (QED) is 0.578. The molecule has 0 amide bonds. The first-order chi connectivity index (χ1) is 5.38. The monoisotopic (exact) mass is 211 g/mol. The van der Waals surface area contributed by atoms with E-state index in [2.05, 4.69) is 34.1 Å². The second-order valence-electron chi connectivity index (χ2n) is 3.08. The van der Waals surface area contributed by atoms with Crippen molar-refractivity contribution in [3.63, 3.8) is 0 Å².